The third-order valence-corrected chi connectivity index (χ3v) is 1.80. The molecule has 1 aromatic carbocycles. The molecule has 5 heteroatoms. The van der Waals surface area contributed by atoms with E-state index < -0.39 is 23.3 Å². The van der Waals surface area contributed by atoms with E-state index in [-0.39, 0.29) is 5.56 Å². The number of hydrogen-bond donors (Lipinski definition) is 1. The van der Waals surface area contributed by atoms with Gasteiger partial charge < -0.3 is 5.11 Å². The summed E-state index contributed by atoms with van der Waals surface area (Å²) in [5.41, 5.74) is -1.16. The maximum Gasteiger partial charge on any atom is 0.379 e. The molecule has 14 heavy (non-hydrogen) atoms. The van der Waals surface area contributed by atoms with E-state index in [4.69, 9.17) is 5.11 Å². The van der Waals surface area contributed by atoms with Gasteiger partial charge in [0.15, 0.2) is 0 Å². The van der Waals surface area contributed by atoms with Gasteiger partial charge in [-0.3, -0.25) is 0 Å². The first-order valence-electron chi connectivity index (χ1n) is 3.74. The highest BCUT2D eigenvalue weighted by molar-refractivity contribution is 5.77. The van der Waals surface area contributed by atoms with E-state index in [9.17, 15) is 18.0 Å². The lowest BCUT2D eigenvalue weighted by Gasteiger charge is -2.14. The van der Waals surface area contributed by atoms with Crippen molar-refractivity contribution in [2.24, 2.45) is 0 Å². The van der Waals surface area contributed by atoms with Gasteiger partial charge in [0.1, 0.15) is 5.82 Å². The molecule has 0 atom stereocenters. The summed E-state index contributed by atoms with van der Waals surface area (Å²) in [6.07, 6.45) is 0. The fraction of sp³-hybridized carbons (Fsp3) is 0.222. The highest BCUT2D eigenvalue weighted by atomic mass is 19.3. The van der Waals surface area contributed by atoms with Crippen LogP contribution in [0.1, 0.15) is 11.1 Å². The van der Waals surface area contributed by atoms with Crippen molar-refractivity contribution in [1.29, 1.82) is 0 Å². The van der Waals surface area contributed by atoms with Crippen molar-refractivity contribution in [2.45, 2.75) is 12.8 Å². The van der Waals surface area contributed by atoms with Crippen molar-refractivity contribution in [3.63, 3.8) is 0 Å². The highest BCUT2D eigenvalue weighted by Crippen LogP contribution is 2.32. The van der Waals surface area contributed by atoms with Gasteiger partial charge in [0.05, 0.1) is 5.56 Å². The van der Waals surface area contributed by atoms with Crippen molar-refractivity contribution < 1.29 is 23.1 Å². The minimum Gasteiger partial charge on any atom is -0.477 e. The maximum atomic E-state index is 13.0. The molecule has 0 spiro atoms. The molecule has 0 saturated carbocycles. The van der Waals surface area contributed by atoms with Gasteiger partial charge in [-0.2, -0.15) is 8.78 Å². The summed E-state index contributed by atoms with van der Waals surface area (Å²) in [6, 6.07) is 3.28. The number of aryl methyl sites for hydroxylation is 1. The summed E-state index contributed by atoms with van der Waals surface area (Å²) in [4.78, 5) is 10.2. The Morgan fingerprint density at radius 1 is 1.43 bits per heavy atom. The first-order valence-corrected chi connectivity index (χ1v) is 3.74. The molecule has 76 valence electrons. The van der Waals surface area contributed by atoms with Gasteiger partial charge in [-0.05, 0) is 18.6 Å². The van der Waals surface area contributed by atoms with Crippen LogP contribution in [0, 0.1) is 12.7 Å². The van der Waals surface area contributed by atoms with Crippen LogP contribution >= 0.6 is 0 Å². The van der Waals surface area contributed by atoms with Crippen LogP contribution in [0.4, 0.5) is 13.2 Å². The number of aliphatic carboxylic acids is 1. The van der Waals surface area contributed by atoms with Crippen LogP contribution in [-0.4, -0.2) is 11.1 Å². The Balaban J connectivity index is 3.38. The average molecular weight is 204 g/mol. The second-order valence-electron chi connectivity index (χ2n) is 2.81. The first kappa shape index (κ1) is 10.6. The molecule has 0 heterocycles. The number of alkyl halides is 2. The van der Waals surface area contributed by atoms with Crippen LogP contribution in [0.2, 0.25) is 0 Å². The number of halogens is 3. The lowest BCUT2D eigenvalue weighted by Crippen LogP contribution is -2.27. The molecular weight excluding hydrogens is 197 g/mol. The third-order valence-electron chi connectivity index (χ3n) is 1.80. The van der Waals surface area contributed by atoms with Crippen molar-refractivity contribution >= 4 is 5.97 Å². The van der Waals surface area contributed by atoms with Gasteiger partial charge in [0.2, 0.25) is 0 Å². The Labute approximate surface area is 78.0 Å². The second kappa shape index (κ2) is 3.32. The Morgan fingerprint density at radius 3 is 2.43 bits per heavy atom. The quantitative estimate of drug-likeness (QED) is 0.802. The van der Waals surface area contributed by atoms with E-state index in [0.29, 0.717) is 0 Å². The topological polar surface area (TPSA) is 37.3 Å². The molecule has 0 fully saturated rings. The van der Waals surface area contributed by atoms with Gasteiger partial charge in [-0.1, -0.05) is 12.1 Å². The Bertz CT molecular complexity index is 354. The average Bonchev–Trinajstić information content (AvgIpc) is 2.02. The summed E-state index contributed by atoms with van der Waals surface area (Å²) < 4.78 is 38.9. The van der Waals surface area contributed by atoms with Crippen LogP contribution in [0.5, 0.6) is 0 Å². The van der Waals surface area contributed by atoms with Gasteiger partial charge in [-0.15, -0.1) is 0 Å². The Hall–Kier alpha value is -1.52. The summed E-state index contributed by atoms with van der Waals surface area (Å²) in [7, 11) is 0. The van der Waals surface area contributed by atoms with E-state index in [0.717, 1.165) is 6.07 Å². The summed E-state index contributed by atoms with van der Waals surface area (Å²) >= 11 is 0. The number of carbonyl (C=O) groups is 1. The molecule has 1 rings (SSSR count). The number of hydrogen-bond acceptors (Lipinski definition) is 1. The minimum atomic E-state index is -4.19. The zero-order valence-electron chi connectivity index (χ0n) is 7.22. The summed E-state index contributed by atoms with van der Waals surface area (Å²) in [6.45, 7) is 1.23. The zero-order valence-corrected chi connectivity index (χ0v) is 7.22. The molecular formula is C9H7F3O2. The minimum absolute atomic E-state index is 0.0857. The van der Waals surface area contributed by atoms with Gasteiger partial charge in [-0.25, -0.2) is 9.18 Å². The molecule has 0 amide bonds. The van der Waals surface area contributed by atoms with Gasteiger partial charge in [0, 0.05) is 0 Å². The number of carboxylic acid groups (broad SMARTS) is 1. The van der Waals surface area contributed by atoms with Crippen LogP contribution in [0.3, 0.4) is 0 Å². The van der Waals surface area contributed by atoms with E-state index >= 15 is 0 Å². The fourth-order valence-corrected chi connectivity index (χ4v) is 1.14. The predicted octanol–water partition coefficient (Wildman–Crippen LogP) is 2.31. The third kappa shape index (κ3) is 1.57. The molecule has 0 aromatic heterocycles. The van der Waals surface area contributed by atoms with Crippen LogP contribution in [-0.2, 0) is 10.7 Å². The number of carboxylic acids is 1. The van der Waals surface area contributed by atoms with E-state index in [1.807, 2.05) is 0 Å². The lowest BCUT2D eigenvalue weighted by atomic mass is 10.0. The predicted molar refractivity (Wildman–Crippen MR) is 42.7 cm³/mol. The second-order valence-corrected chi connectivity index (χ2v) is 2.81. The molecule has 0 saturated heterocycles. The SMILES string of the molecule is Cc1cccc(F)c1C(F)(F)C(=O)O. The molecule has 0 radical (unpaired) electrons. The summed E-state index contributed by atoms with van der Waals surface area (Å²) in [5.74, 6) is -7.75. The van der Waals surface area contributed by atoms with Crippen molar-refractivity contribution in [1.82, 2.24) is 0 Å². The molecule has 0 unspecified atom stereocenters. The zero-order chi connectivity index (χ0) is 10.9. The van der Waals surface area contributed by atoms with Crippen LogP contribution in [0.15, 0.2) is 18.2 Å². The summed E-state index contributed by atoms with van der Waals surface area (Å²) in [5, 5.41) is 8.23. The molecule has 2 nitrogen and oxygen atoms in total. The van der Waals surface area contributed by atoms with Crippen LogP contribution in [0.25, 0.3) is 0 Å². The lowest BCUT2D eigenvalue weighted by molar-refractivity contribution is -0.166. The molecule has 0 aliphatic carbocycles. The van der Waals surface area contributed by atoms with Crippen LogP contribution < -0.4 is 0 Å². The fourth-order valence-electron chi connectivity index (χ4n) is 1.14. The van der Waals surface area contributed by atoms with Gasteiger partial charge >= 0.3 is 11.9 Å². The first-order chi connectivity index (χ1) is 6.37. The molecule has 0 aliphatic rings. The van der Waals surface area contributed by atoms with E-state index in [1.165, 1.54) is 19.1 Å². The molecule has 0 aliphatic heterocycles. The maximum absolute atomic E-state index is 13.0. The Morgan fingerprint density at radius 2 is 2.00 bits per heavy atom. The normalized spacial score (nSPS) is 11.4. The molecule has 1 N–H and O–H groups in total. The number of benzene rings is 1. The smallest absolute Gasteiger partial charge is 0.379 e. The Kier molecular flexibility index (Phi) is 2.51. The van der Waals surface area contributed by atoms with Crippen molar-refractivity contribution in [2.75, 3.05) is 0 Å². The standard InChI is InChI=1S/C9H7F3O2/c1-5-3-2-4-6(10)7(5)9(11,12)8(13)14/h2-4H,1H3,(H,13,14). The molecule has 1 aromatic rings. The van der Waals surface area contributed by atoms with Crippen molar-refractivity contribution in [3.05, 3.63) is 35.1 Å². The van der Waals surface area contributed by atoms with Gasteiger partial charge in [0.25, 0.3) is 0 Å². The van der Waals surface area contributed by atoms with E-state index in [1.54, 1.807) is 0 Å². The van der Waals surface area contributed by atoms with Crippen molar-refractivity contribution in [3.8, 4) is 0 Å². The highest BCUT2D eigenvalue weighted by Gasteiger charge is 2.44. The largest absolute Gasteiger partial charge is 0.477 e. The monoisotopic (exact) mass is 204 g/mol. The van der Waals surface area contributed by atoms with E-state index in [2.05, 4.69) is 0 Å². The number of rotatable bonds is 2. The molecule has 0 bridgehead atoms.